The molecule has 2 aromatic heterocycles. The van der Waals surface area contributed by atoms with Gasteiger partial charge in [-0.25, -0.2) is 9.78 Å². The third-order valence-electron chi connectivity index (χ3n) is 3.46. The first-order valence-electron chi connectivity index (χ1n) is 5.99. The summed E-state index contributed by atoms with van der Waals surface area (Å²) in [5.41, 5.74) is 1.45. The van der Waals surface area contributed by atoms with Crippen LogP contribution in [0.2, 0.25) is 5.15 Å². The van der Waals surface area contributed by atoms with E-state index in [0.29, 0.717) is 24.0 Å². The molecule has 0 saturated carbocycles. The number of ether oxygens (including phenoxy) is 1. The molecular weight excluding hydrogens is 254 g/mol. The van der Waals surface area contributed by atoms with Gasteiger partial charge in [-0.05, 0) is 25.0 Å². The lowest BCUT2D eigenvalue weighted by Crippen LogP contribution is -2.30. The lowest BCUT2D eigenvalue weighted by molar-refractivity contribution is 0.0695. The first-order valence-corrected chi connectivity index (χ1v) is 6.37. The van der Waals surface area contributed by atoms with Crippen LogP contribution in [0.5, 0.6) is 0 Å². The monoisotopic (exact) mass is 267 g/mol. The molecule has 1 saturated heterocycles. The number of pyridine rings is 1. The Morgan fingerprint density at radius 3 is 2.83 bits per heavy atom. The second-order valence-corrected chi connectivity index (χ2v) is 4.92. The Hall–Kier alpha value is -1.33. The Morgan fingerprint density at radius 2 is 2.11 bits per heavy atom. The summed E-state index contributed by atoms with van der Waals surface area (Å²) in [6.45, 7) is 1.38. The van der Waals surface area contributed by atoms with Crippen molar-refractivity contribution in [1.29, 1.82) is 0 Å². The second kappa shape index (κ2) is 4.40. The van der Waals surface area contributed by atoms with Gasteiger partial charge < -0.3 is 4.74 Å². The van der Waals surface area contributed by atoms with Gasteiger partial charge in [0.05, 0.1) is 5.52 Å². The predicted octanol–water partition coefficient (Wildman–Crippen LogP) is 1.74. The van der Waals surface area contributed by atoms with Gasteiger partial charge in [0.25, 0.3) is 0 Å². The predicted molar refractivity (Wildman–Crippen MR) is 69.1 cm³/mol. The molecule has 3 heterocycles. The van der Waals surface area contributed by atoms with Crippen LogP contribution in [0.25, 0.3) is 11.2 Å². The van der Waals surface area contributed by atoms with Gasteiger partial charge in [0, 0.05) is 26.3 Å². The number of imidazole rings is 1. The molecule has 2 aromatic rings. The molecule has 1 aliphatic rings. The molecule has 0 atom stereocenters. The molecule has 96 valence electrons. The second-order valence-electron chi connectivity index (χ2n) is 4.53. The topological polar surface area (TPSA) is 49.0 Å². The molecular formula is C12H14ClN3O2. The zero-order valence-corrected chi connectivity index (χ0v) is 10.9. The Balaban J connectivity index is 2.23. The van der Waals surface area contributed by atoms with Crippen LogP contribution in [0.4, 0.5) is 0 Å². The van der Waals surface area contributed by atoms with Gasteiger partial charge in [0.2, 0.25) is 0 Å². The fraction of sp³-hybridized carbons (Fsp3) is 0.500. The minimum Gasteiger partial charge on any atom is -0.381 e. The van der Waals surface area contributed by atoms with Crippen molar-refractivity contribution in [3.63, 3.8) is 0 Å². The summed E-state index contributed by atoms with van der Waals surface area (Å²) in [5.74, 6) is 0. The molecule has 1 fully saturated rings. The molecule has 0 aromatic carbocycles. The van der Waals surface area contributed by atoms with Crippen molar-refractivity contribution in [2.45, 2.75) is 18.9 Å². The van der Waals surface area contributed by atoms with Gasteiger partial charge in [-0.1, -0.05) is 11.6 Å². The van der Waals surface area contributed by atoms with Crippen LogP contribution >= 0.6 is 11.6 Å². The third-order valence-corrected chi connectivity index (χ3v) is 3.67. The van der Waals surface area contributed by atoms with Crippen molar-refractivity contribution < 1.29 is 4.74 Å². The lowest BCUT2D eigenvalue weighted by atomic mass is 10.1. The quantitative estimate of drug-likeness (QED) is 0.740. The molecule has 5 nitrogen and oxygen atoms in total. The Labute approximate surface area is 109 Å². The summed E-state index contributed by atoms with van der Waals surface area (Å²) < 4.78 is 8.71. The van der Waals surface area contributed by atoms with E-state index in [1.54, 1.807) is 22.2 Å². The average molecular weight is 268 g/mol. The maximum Gasteiger partial charge on any atom is 0.330 e. The number of nitrogens with zero attached hydrogens (tertiary/aromatic N) is 3. The van der Waals surface area contributed by atoms with Crippen LogP contribution < -0.4 is 5.69 Å². The zero-order valence-electron chi connectivity index (χ0n) is 10.1. The SMILES string of the molecule is Cn1c(=O)n(C2CCOCC2)c2nc(Cl)ccc21. The molecule has 6 heteroatoms. The van der Waals surface area contributed by atoms with E-state index in [1.807, 2.05) is 6.07 Å². The van der Waals surface area contributed by atoms with E-state index in [1.165, 1.54) is 0 Å². The molecule has 0 bridgehead atoms. The van der Waals surface area contributed by atoms with Crippen LogP contribution in [-0.4, -0.2) is 27.3 Å². The molecule has 3 rings (SSSR count). The van der Waals surface area contributed by atoms with Crippen molar-refractivity contribution in [3.05, 3.63) is 27.8 Å². The number of fused-ring (bicyclic) bond motifs is 1. The fourth-order valence-electron chi connectivity index (χ4n) is 2.48. The Kier molecular flexibility index (Phi) is 2.87. The summed E-state index contributed by atoms with van der Waals surface area (Å²) in [6, 6.07) is 3.69. The Morgan fingerprint density at radius 1 is 1.39 bits per heavy atom. The number of aromatic nitrogens is 3. The van der Waals surface area contributed by atoms with E-state index in [2.05, 4.69) is 4.98 Å². The molecule has 18 heavy (non-hydrogen) atoms. The maximum absolute atomic E-state index is 12.3. The van der Waals surface area contributed by atoms with Gasteiger partial charge in [-0.3, -0.25) is 9.13 Å². The van der Waals surface area contributed by atoms with Crippen LogP contribution in [0.1, 0.15) is 18.9 Å². The minimum atomic E-state index is -0.0355. The van der Waals surface area contributed by atoms with Crippen LogP contribution in [0.3, 0.4) is 0 Å². The standard InChI is InChI=1S/C12H14ClN3O2/c1-15-9-2-3-10(13)14-11(9)16(12(15)17)8-4-6-18-7-5-8/h2-3,8H,4-7H2,1H3. The van der Waals surface area contributed by atoms with Crippen molar-refractivity contribution in [2.24, 2.45) is 7.05 Å². The molecule has 0 spiro atoms. The van der Waals surface area contributed by atoms with Gasteiger partial charge in [-0.15, -0.1) is 0 Å². The van der Waals surface area contributed by atoms with Crippen molar-refractivity contribution in [3.8, 4) is 0 Å². The highest BCUT2D eigenvalue weighted by atomic mass is 35.5. The maximum atomic E-state index is 12.3. The number of aryl methyl sites for hydroxylation is 1. The number of hydrogen-bond donors (Lipinski definition) is 0. The summed E-state index contributed by atoms with van der Waals surface area (Å²) in [7, 11) is 1.76. The van der Waals surface area contributed by atoms with Gasteiger partial charge in [-0.2, -0.15) is 0 Å². The third kappa shape index (κ3) is 1.74. The first kappa shape index (κ1) is 11.7. The molecule has 1 aliphatic heterocycles. The van der Waals surface area contributed by atoms with E-state index in [4.69, 9.17) is 16.3 Å². The van der Waals surface area contributed by atoms with Gasteiger partial charge >= 0.3 is 5.69 Å². The van der Waals surface area contributed by atoms with Gasteiger partial charge in [0.15, 0.2) is 5.65 Å². The summed E-state index contributed by atoms with van der Waals surface area (Å²) in [5, 5.41) is 0.411. The van der Waals surface area contributed by atoms with E-state index in [9.17, 15) is 4.79 Å². The fourth-order valence-corrected chi connectivity index (χ4v) is 2.63. The van der Waals surface area contributed by atoms with E-state index >= 15 is 0 Å². The highest BCUT2D eigenvalue weighted by Crippen LogP contribution is 2.24. The largest absolute Gasteiger partial charge is 0.381 e. The van der Waals surface area contributed by atoms with E-state index < -0.39 is 0 Å². The van der Waals surface area contributed by atoms with Crippen molar-refractivity contribution in [2.75, 3.05) is 13.2 Å². The smallest absolute Gasteiger partial charge is 0.330 e. The molecule has 0 radical (unpaired) electrons. The zero-order chi connectivity index (χ0) is 12.7. The molecule has 0 amide bonds. The number of hydrogen-bond acceptors (Lipinski definition) is 3. The average Bonchev–Trinajstić information content (AvgIpc) is 2.63. The molecule has 0 aliphatic carbocycles. The molecule has 0 unspecified atom stereocenters. The summed E-state index contributed by atoms with van der Waals surface area (Å²) >= 11 is 5.93. The highest BCUT2D eigenvalue weighted by Gasteiger charge is 2.22. The highest BCUT2D eigenvalue weighted by molar-refractivity contribution is 6.29. The first-order chi connectivity index (χ1) is 8.68. The summed E-state index contributed by atoms with van der Waals surface area (Å²) in [4.78, 5) is 16.6. The van der Waals surface area contributed by atoms with Crippen molar-refractivity contribution in [1.82, 2.24) is 14.1 Å². The van der Waals surface area contributed by atoms with Crippen LogP contribution in [0.15, 0.2) is 16.9 Å². The number of halogens is 1. The van der Waals surface area contributed by atoms with E-state index in [-0.39, 0.29) is 11.7 Å². The van der Waals surface area contributed by atoms with Crippen LogP contribution in [-0.2, 0) is 11.8 Å². The Bertz CT molecular complexity index is 641. The lowest BCUT2D eigenvalue weighted by Gasteiger charge is -2.22. The number of rotatable bonds is 1. The minimum absolute atomic E-state index is 0.0355. The van der Waals surface area contributed by atoms with E-state index in [0.717, 1.165) is 18.4 Å². The normalized spacial score (nSPS) is 17.4. The van der Waals surface area contributed by atoms with Gasteiger partial charge in [0.1, 0.15) is 5.15 Å². The molecule has 0 N–H and O–H groups in total. The van der Waals surface area contributed by atoms with Crippen LogP contribution in [0, 0.1) is 0 Å². The van der Waals surface area contributed by atoms with Crippen molar-refractivity contribution >= 4 is 22.8 Å². The summed E-state index contributed by atoms with van der Waals surface area (Å²) in [6.07, 6.45) is 1.68.